The van der Waals surface area contributed by atoms with Crippen molar-refractivity contribution in [2.24, 2.45) is 0 Å². The second-order valence-electron chi connectivity index (χ2n) is 5.29. The lowest BCUT2D eigenvalue weighted by molar-refractivity contribution is -0.128. The summed E-state index contributed by atoms with van der Waals surface area (Å²) in [4.78, 5) is 14.6. The molecular weight excluding hydrogens is 226 g/mol. The number of hydrogen-bond acceptors (Lipinski definition) is 3. The van der Waals surface area contributed by atoms with Crippen LogP contribution in [0.1, 0.15) is 47.0 Å². The van der Waals surface area contributed by atoms with Crippen LogP contribution in [-0.4, -0.2) is 48.6 Å². The molecule has 1 rings (SSSR count). The molecule has 0 spiro atoms. The van der Waals surface area contributed by atoms with Crippen molar-refractivity contribution < 1.29 is 4.79 Å². The van der Waals surface area contributed by atoms with Gasteiger partial charge in [-0.2, -0.15) is 0 Å². The number of nitrogens with one attached hydrogen (secondary N) is 2. The molecule has 1 amide bonds. The van der Waals surface area contributed by atoms with Crippen LogP contribution < -0.4 is 10.6 Å². The van der Waals surface area contributed by atoms with E-state index >= 15 is 0 Å². The smallest absolute Gasteiger partial charge is 0.237 e. The van der Waals surface area contributed by atoms with Crippen molar-refractivity contribution in [3.63, 3.8) is 0 Å². The molecule has 1 saturated heterocycles. The van der Waals surface area contributed by atoms with Crippen LogP contribution >= 0.6 is 0 Å². The minimum absolute atomic E-state index is 0.0145. The molecule has 1 heterocycles. The zero-order valence-corrected chi connectivity index (χ0v) is 12.4. The fraction of sp³-hybridized carbons (Fsp3) is 0.929. The molecule has 0 radical (unpaired) electrons. The zero-order chi connectivity index (χ0) is 13.6. The number of amides is 1. The number of piperazine rings is 1. The number of nitrogens with zero attached hydrogens (tertiary/aromatic N) is 1. The van der Waals surface area contributed by atoms with Gasteiger partial charge in [0, 0.05) is 31.7 Å². The first kappa shape index (κ1) is 15.4. The Labute approximate surface area is 111 Å². The average Bonchev–Trinajstić information content (AvgIpc) is 2.45. The maximum atomic E-state index is 12.4. The summed E-state index contributed by atoms with van der Waals surface area (Å²) in [6.45, 7) is 12.4. The van der Waals surface area contributed by atoms with E-state index in [-0.39, 0.29) is 17.5 Å². The van der Waals surface area contributed by atoms with Crippen LogP contribution in [-0.2, 0) is 4.79 Å². The SMILES string of the molecule is CCC(CC)(CC)NC(=O)C(C)N1CCNCC1. The summed E-state index contributed by atoms with van der Waals surface area (Å²) in [6, 6.07) is -0.0175. The minimum atomic E-state index is -0.0175. The van der Waals surface area contributed by atoms with Crippen LogP contribution in [0, 0.1) is 0 Å². The molecule has 0 aromatic carbocycles. The predicted octanol–water partition coefficient (Wildman–Crippen LogP) is 1.37. The molecule has 0 aromatic heterocycles. The molecule has 1 aliphatic heterocycles. The summed E-state index contributed by atoms with van der Waals surface area (Å²) in [5.74, 6) is 0.183. The third kappa shape index (κ3) is 3.69. The number of hydrogen-bond donors (Lipinski definition) is 2. The van der Waals surface area contributed by atoms with Crippen molar-refractivity contribution in [3.05, 3.63) is 0 Å². The summed E-state index contributed by atoms with van der Waals surface area (Å²) in [5, 5.41) is 6.59. The Morgan fingerprint density at radius 3 is 2.17 bits per heavy atom. The predicted molar refractivity (Wildman–Crippen MR) is 75.7 cm³/mol. The van der Waals surface area contributed by atoms with Crippen molar-refractivity contribution in [1.29, 1.82) is 0 Å². The van der Waals surface area contributed by atoms with Crippen LogP contribution in [0.3, 0.4) is 0 Å². The Morgan fingerprint density at radius 1 is 1.22 bits per heavy atom. The molecule has 1 fully saturated rings. The zero-order valence-electron chi connectivity index (χ0n) is 12.4. The van der Waals surface area contributed by atoms with Gasteiger partial charge in [0.25, 0.3) is 0 Å². The third-order valence-corrected chi connectivity index (χ3v) is 4.50. The topological polar surface area (TPSA) is 44.4 Å². The standard InChI is InChI=1S/C14H29N3O/c1-5-14(6-2,7-3)16-13(18)12(4)17-10-8-15-9-11-17/h12,15H,5-11H2,1-4H3,(H,16,18). The van der Waals surface area contributed by atoms with E-state index in [0.717, 1.165) is 45.4 Å². The molecule has 4 heteroatoms. The fourth-order valence-electron chi connectivity index (χ4n) is 2.62. The largest absolute Gasteiger partial charge is 0.349 e. The first-order valence-electron chi connectivity index (χ1n) is 7.35. The molecular formula is C14H29N3O. The minimum Gasteiger partial charge on any atom is -0.349 e. The van der Waals surface area contributed by atoms with E-state index in [0.29, 0.717) is 0 Å². The maximum absolute atomic E-state index is 12.4. The van der Waals surface area contributed by atoms with Gasteiger partial charge < -0.3 is 10.6 Å². The first-order chi connectivity index (χ1) is 8.58. The lowest BCUT2D eigenvalue weighted by Gasteiger charge is -2.37. The molecule has 1 unspecified atom stereocenters. The Hall–Kier alpha value is -0.610. The maximum Gasteiger partial charge on any atom is 0.237 e. The second kappa shape index (κ2) is 7.10. The van der Waals surface area contributed by atoms with Crippen molar-refractivity contribution in [2.45, 2.75) is 58.5 Å². The quantitative estimate of drug-likeness (QED) is 0.753. The van der Waals surface area contributed by atoms with Crippen molar-refractivity contribution in [2.75, 3.05) is 26.2 Å². The van der Waals surface area contributed by atoms with E-state index in [1.54, 1.807) is 0 Å². The van der Waals surface area contributed by atoms with E-state index in [1.807, 2.05) is 6.92 Å². The molecule has 1 aliphatic rings. The van der Waals surface area contributed by atoms with Gasteiger partial charge in [-0.1, -0.05) is 20.8 Å². The van der Waals surface area contributed by atoms with Gasteiger partial charge in [-0.3, -0.25) is 9.69 Å². The van der Waals surface area contributed by atoms with E-state index in [9.17, 15) is 4.79 Å². The third-order valence-electron chi connectivity index (χ3n) is 4.50. The van der Waals surface area contributed by atoms with E-state index in [4.69, 9.17) is 0 Å². The van der Waals surface area contributed by atoms with Crippen molar-refractivity contribution in [1.82, 2.24) is 15.5 Å². The average molecular weight is 255 g/mol. The van der Waals surface area contributed by atoms with Gasteiger partial charge in [-0.15, -0.1) is 0 Å². The van der Waals surface area contributed by atoms with Gasteiger partial charge >= 0.3 is 0 Å². The van der Waals surface area contributed by atoms with Crippen LogP contribution in [0.25, 0.3) is 0 Å². The van der Waals surface area contributed by atoms with Gasteiger partial charge in [0.2, 0.25) is 5.91 Å². The highest BCUT2D eigenvalue weighted by atomic mass is 16.2. The van der Waals surface area contributed by atoms with Gasteiger partial charge in [-0.05, 0) is 26.2 Å². The Morgan fingerprint density at radius 2 is 1.72 bits per heavy atom. The molecule has 4 nitrogen and oxygen atoms in total. The molecule has 1 atom stereocenters. The molecule has 0 aromatic rings. The highest BCUT2D eigenvalue weighted by Crippen LogP contribution is 2.19. The monoisotopic (exact) mass is 255 g/mol. The summed E-state index contributed by atoms with van der Waals surface area (Å²) in [5.41, 5.74) is -0.0145. The van der Waals surface area contributed by atoms with Crippen LogP contribution in [0.5, 0.6) is 0 Å². The second-order valence-corrected chi connectivity index (χ2v) is 5.29. The molecule has 2 N–H and O–H groups in total. The summed E-state index contributed by atoms with van der Waals surface area (Å²) < 4.78 is 0. The molecule has 18 heavy (non-hydrogen) atoms. The van der Waals surface area contributed by atoms with Gasteiger partial charge in [-0.25, -0.2) is 0 Å². The van der Waals surface area contributed by atoms with E-state index in [1.165, 1.54) is 0 Å². The van der Waals surface area contributed by atoms with Gasteiger partial charge in [0.05, 0.1) is 6.04 Å². The lowest BCUT2D eigenvalue weighted by Crippen LogP contribution is -2.57. The number of rotatable bonds is 6. The molecule has 0 saturated carbocycles. The van der Waals surface area contributed by atoms with Gasteiger partial charge in [0.1, 0.15) is 0 Å². The highest BCUT2D eigenvalue weighted by molar-refractivity contribution is 5.82. The fourth-order valence-corrected chi connectivity index (χ4v) is 2.62. The lowest BCUT2D eigenvalue weighted by atomic mass is 9.89. The van der Waals surface area contributed by atoms with Crippen LogP contribution in [0.2, 0.25) is 0 Å². The molecule has 0 bridgehead atoms. The summed E-state index contributed by atoms with van der Waals surface area (Å²) >= 11 is 0. The van der Waals surface area contributed by atoms with E-state index < -0.39 is 0 Å². The van der Waals surface area contributed by atoms with E-state index in [2.05, 4.69) is 36.3 Å². The van der Waals surface area contributed by atoms with Crippen LogP contribution in [0.4, 0.5) is 0 Å². The van der Waals surface area contributed by atoms with Crippen LogP contribution in [0.15, 0.2) is 0 Å². The Kier molecular flexibility index (Phi) is 6.09. The first-order valence-corrected chi connectivity index (χ1v) is 7.35. The molecule has 106 valence electrons. The van der Waals surface area contributed by atoms with Gasteiger partial charge in [0.15, 0.2) is 0 Å². The summed E-state index contributed by atoms with van der Waals surface area (Å²) in [7, 11) is 0. The Bertz CT molecular complexity index is 250. The highest BCUT2D eigenvalue weighted by Gasteiger charge is 2.30. The summed E-state index contributed by atoms with van der Waals surface area (Å²) in [6.07, 6.45) is 3.00. The number of carbonyl (C=O) groups is 1. The van der Waals surface area contributed by atoms with Crippen molar-refractivity contribution in [3.8, 4) is 0 Å². The molecule has 0 aliphatic carbocycles. The Balaban J connectivity index is 2.57. The number of carbonyl (C=O) groups excluding carboxylic acids is 1. The van der Waals surface area contributed by atoms with Crippen molar-refractivity contribution >= 4 is 5.91 Å². The normalized spacial score (nSPS) is 19.6.